The molecule has 0 bridgehead atoms. The molecule has 1 aromatic carbocycles. The number of amides is 1. The lowest BCUT2D eigenvalue weighted by molar-refractivity contribution is -0.117. The summed E-state index contributed by atoms with van der Waals surface area (Å²) in [5.41, 5.74) is 0.540. The topological polar surface area (TPSA) is 52.6 Å². The smallest absolute Gasteiger partial charge is 0.238 e. The monoisotopic (exact) mass is 330 g/mol. The van der Waals surface area contributed by atoms with Crippen LogP contribution in [0.5, 0.6) is 0 Å². The van der Waals surface area contributed by atoms with E-state index in [1.165, 1.54) is 0 Å². The van der Waals surface area contributed by atoms with E-state index >= 15 is 0 Å². The zero-order valence-corrected chi connectivity index (χ0v) is 13.3. The molecule has 1 unspecified atom stereocenters. The lowest BCUT2D eigenvalue weighted by atomic mass is 9.95. The van der Waals surface area contributed by atoms with E-state index in [-0.39, 0.29) is 12.5 Å². The average Bonchev–Trinajstić information content (AvgIpc) is 2.44. The van der Waals surface area contributed by atoms with Gasteiger partial charge in [-0.25, -0.2) is 0 Å². The molecule has 2 N–H and O–H groups in total. The highest BCUT2D eigenvalue weighted by Gasteiger charge is 2.21. The minimum atomic E-state index is -0.0937. The number of likely N-dealkylation sites (tertiary alicyclic amines) is 1. The summed E-state index contributed by atoms with van der Waals surface area (Å²) in [5.74, 6) is 0.384. The van der Waals surface area contributed by atoms with E-state index in [4.69, 9.17) is 28.3 Å². The van der Waals surface area contributed by atoms with E-state index in [0.717, 1.165) is 32.4 Å². The molecule has 21 heavy (non-hydrogen) atoms. The Hall–Kier alpha value is -0.810. The Morgan fingerprint density at radius 1 is 1.43 bits per heavy atom. The van der Waals surface area contributed by atoms with Crippen molar-refractivity contribution >= 4 is 34.8 Å². The van der Waals surface area contributed by atoms with Crippen molar-refractivity contribution in [1.29, 1.82) is 0 Å². The summed E-state index contributed by atoms with van der Waals surface area (Å²) in [7, 11) is 0. The molecule has 6 heteroatoms. The number of rotatable bonds is 5. The van der Waals surface area contributed by atoms with E-state index in [0.29, 0.717) is 28.2 Å². The molecule has 0 radical (unpaired) electrons. The Kier molecular flexibility index (Phi) is 6.30. The molecule has 116 valence electrons. The van der Waals surface area contributed by atoms with Gasteiger partial charge in [0.1, 0.15) is 0 Å². The zero-order valence-electron chi connectivity index (χ0n) is 11.8. The highest BCUT2D eigenvalue weighted by atomic mass is 35.5. The summed E-state index contributed by atoms with van der Waals surface area (Å²) in [4.78, 5) is 14.2. The lowest BCUT2D eigenvalue weighted by Crippen LogP contribution is -2.40. The van der Waals surface area contributed by atoms with E-state index in [1.807, 2.05) is 0 Å². The Morgan fingerprint density at radius 3 is 3.00 bits per heavy atom. The van der Waals surface area contributed by atoms with E-state index in [2.05, 4.69) is 10.2 Å². The molecule has 1 aromatic rings. The van der Waals surface area contributed by atoms with Gasteiger partial charge in [0, 0.05) is 13.2 Å². The molecule has 1 saturated heterocycles. The summed E-state index contributed by atoms with van der Waals surface area (Å²) in [6, 6.07) is 5.17. The van der Waals surface area contributed by atoms with E-state index in [9.17, 15) is 4.79 Å². The van der Waals surface area contributed by atoms with Crippen molar-refractivity contribution in [2.24, 2.45) is 5.92 Å². The van der Waals surface area contributed by atoms with E-state index in [1.54, 1.807) is 18.2 Å². The number of carbonyl (C=O) groups excluding carboxylic acids is 1. The number of hydrogen-bond donors (Lipinski definition) is 2. The molecule has 1 amide bonds. The fraction of sp³-hybridized carbons (Fsp3) is 0.533. The predicted molar refractivity (Wildman–Crippen MR) is 86.0 cm³/mol. The van der Waals surface area contributed by atoms with Crippen LogP contribution in [-0.4, -0.2) is 42.2 Å². The van der Waals surface area contributed by atoms with E-state index < -0.39 is 0 Å². The maximum atomic E-state index is 12.1. The Bertz CT molecular complexity index is 495. The molecule has 2 rings (SSSR count). The standard InChI is InChI=1S/C15H20Cl2N2O2/c16-12-4-1-5-13(15(12)17)18-14(21)10-19-7-2-3-11(9-19)6-8-20/h1,4-5,11,20H,2-3,6-10H2,(H,18,21). The molecular weight excluding hydrogens is 311 g/mol. The molecule has 1 aliphatic heterocycles. The van der Waals surface area contributed by atoms with Gasteiger partial charge in [-0.1, -0.05) is 29.3 Å². The largest absolute Gasteiger partial charge is 0.396 e. The lowest BCUT2D eigenvalue weighted by Gasteiger charge is -2.31. The number of anilines is 1. The van der Waals surface area contributed by atoms with Crippen molar-refractivity contribution < 1.29 is 9.90 Å². The van der Waals surface area contributed by atoms with Gasteiger partial charge >= 0.3 is 0 Å². The first-order chi connectivity index (χ1) is 10.1. The zero-order chi connectivity index (χ0) is 15.2. The second-order valence-corrected chi connectivity index (χ2v) is 6.19. The molecule has 4 nitrogen and oxygen atoms in total. The number of aliphatic hydroxyl groups is 1. The van der Waals surface area contributed by atoms with Crippen LogP contribution in [0.15, 0.2) is 18.2 Å². The third-order valence-electron chi connectivity index (χ3n) is 3.73. The normalized spacial score (nSPS) is 19.5. The van der Waals surface area contributed by atoms with Crippen LogP contribution in [0.4, 0.5) is 5.69 Å². The molecule has 0 aromatic heterocycles. The van der Waals surface area contributed by atoms with Gasteiger partial charge in [0.05, 0.1) is 22.3 Å². The van der Waals surface area contributed by atoms with Crippen LogP contribution < -0.4 is 5.32 Å². The van der Waals surface area contributed by atoms with Crippen LogP contribution in [0, 0.1) is 5.92 Å². The summed E-state index contributed by atoms with van der Waals surface area (Å²) < 4.78 is 0. The van der Waals surface area contributed by atoms with Gasteiger partial charge in [-0.05, 0) is 43.9 Å². The van der Waals surface area contributed by atoms with Gasteiger partial charge in [0.15, 0.2) is 0 Å². The second kappa shape index (κ2) is 7.99. The van der Waals surface area contributed by atoms with Crippen molar-refractivity contribution in [3.8, 4) is 0 Å². The summed E-state index contributed by atoms with van der Waals surface area (Å²) in [6.45, 7) is 2.32. The number of benzene rings is 1. The van der Waals surface area contributed by atoms with Crippen LogP contribution in [0.2, 0.25) is 10.0 Å². The van der Waals surface area contributed by atoms with Gasteiger partial charge < -0.3 is 10.4 Å². The fourth-order valence-electron chi connectivity index (χ4n) is 2.71. The number of nitrogens with zero attached hydrogens (tertiary/aromatic N) is 1. The Balaban J connectivity index is 1.88. The fourth-order valence-corrected chi connectivity index (χ4v) is 3.05. The summed E-state index contributed by atoms with van der Waals surface area (Å²) in [6.07, 6.45) is 2.99. The highest BCUT2D eigenvalue weighted by molar-refractivity contribution is 6.43. The van der Waals surface area contributed by atoms with Crippen molar-refractivity contribution in [2.75, 3.05) is 31.6 Å². The first-order valence-electron chi connectivity index (χ1n) is 7.17. The number of piperidine rings is 1. The number of nitrogens with one attached hydrogen (secondary N) is 1. The second-order valence-electron chi connectivity index (χ2n) is 5.41. The van der Waals surface area contributed by atoms with Gasteiger partial charge in [-0.2, -0.15) is 0 Å². The van der Waals surface area contributed by atoms with Gasteiger partial charge in [-0.3, -0.25) is 9.69 Å². The molecule has 0 spiro atoms. The first-order valence-corrected chi connectivity index (χ1v) is 7.93. The van der Waals surface area contributed by atoms with Crippen LogP contribution in [0.3, 0.4) is 0 Å². The van der Waals surface area contributed by atoms with Crippen LogP contribution in [0.1, 0.15) is 19.3 Å². The quantitative estimate of drug-likeness (QED) is 0.872. The van der Waals surface area contributed by atoms with Crippen LogP contribution in [0.25, 0.3) is 0 Å². The van der Waals surface area contributed by atoms with Gasteiger partial charge in [0.25, 0.3) is 0 Å². The highest BCUT2D eigenvalue weighted by Crippen LogP contribution is 2.29. The maximum absolute atomic E-state index is 12.1. The molecule has 1 atom stereocenters. The van der Waals surface area contributed by atoms with Crippen LogP contribution >= 0.6 is 23.2 Å². The average molecular weight is 331 g/mol. The summed E-state index contributed by atoms with van der Waals surface area (Å²) >= 11 is 12.0. The number of halogens is 2. The first kappa shape index (κ1) is 16.6. The molecule has 1 heterocycles. The molecule has 0 aliphatic carbocycles. The Labute approximate surface area is 135 Å². The molecule has 1 fully saturated rings. The minimum Gasteiger partial charge on any atom is -0.396 e. The molecule has 1 aliphatic rings. The SMILES string of the molecule is O=C(CN1CCCC(CCO)C1)Nc1cccc(Cl)c1Cl. The van der Waals surface area contributed by atoms with Crippen molar-refractivity contribution in [1.82, 2.24) is 4.90 Å². The number of hydrogen-bond acceptors (Lipinski definition) is 3. The maximum Gasteiger partial charge on any atom is 0.238 e. The number of aliphatic hydroxyl groups excluding tert-OH is 1. The summed E-state index contributed by atoms with van der Waals surface area (Å²) in [5, 5.41) is 12.6. The van der Waals surface area contributed by atoms with Crippen LogP contribution in [-0.2, 0) is 4.79 Å². The third kappa shape index (κ3) is 4.85. The Morgan fingerprint density at radius 2 is 2.24 bits per heavy atom. The van der Waals surface area contributed by atoms with Crippen molar-refractivity contribution in [2.45, 2.75) is 19.3 Å². The van der Waals surface area contributed by atoms with Crippen molar-refractivity contribution in [3.05, 3.63) is 28.2 Å². The molecular formula is C15H20Cl2N2O2. The van der Waals surface area contributed by atoms with Gasteiger partial charge in [0.2, 0.25) is 5.91 Å². The predicted octanol–water partition coefficient (Wildman–Crippen LogP) is 3.03. The molecule has 0 saturated carbocycles. The third-order valence-corrected chi connectivity index (χ3v) is 4.55. The van der Waals surface area contributed by atoms with Gasteiger partial charge in [-0.15, -0.1) is 0 Å². The minimum absolute atomic E-state index is 0.0937. The van der Waals surface area contributed by atoms with Crippen molar-refractivity contribution in [3.63, 3.8) is 0 Å². The number of carbonyl (C=O) groups is 1.